The fourth-order valence-corrected chi connectivity index (χ4v) is 8.15. The van der Waals surface area contributed by atoms with Gasteiger partial charge < -0.3 is 10.2 Å². The van der Waals surface area contributed by atoms with Crippen LogP contribution in [0, 0.1) is 40.4 Å². The molecule has 0 spiro atoms. The zero-order valence-corrected chi connectivity index (χ0v) is 21.3. The minimum absolute atomic E-state index is 0.109. The molecule has 3 saturated carbocycles. The Morgan fingerprint density at radius 3 is 2.48 bits per heavy atom. The van der Waals surface area contributed by atoms with Crippen LogP contribution >= 0.6 is 0 Å². The summed E-state index contributed by atoms with van der Waals surface area (Å²) in [5.41, 5.74) is 1.38. The molecular formula is C28H49BO2. The van der Waals surface area contributed by atoms with Gasteiger partial charge in [-0.15, -0.1) is 0 Å². The van der Waals surface area contributed by atoms with Crippen LogP contribution in [0.1, 0.15) is 112 Å². The third-order valence-electron chi connectivity index (χ3n) is 10.4. The summed E-state index contributed by atoms with van der Waals surface area (Å²) in [5, 5.41) is 20.6. The lowest BCUT2D eigenvalue weighted by Crippen LogP contribution is -2.50. The van der Waals surface area contributed by atoms with Crippen LogP contribution in [0.4, 0.5) is 0 Å². The summed E-state index contributed by atoms with van der Waals surface area (Å²) in [6.07, 6.45) is 15.2. The molecule has 2 N–H and O–H groups in total. The summed E-state index contributed by atoms with van der Waals surface area (Å²) in [4.78, 5) is 0. The van der Waals surface area contributed by atoms with Gasteiger partial charge in [-0.05, 0) is 105 Å². The van der Waals surface area contributed by atoms with Gasteiger partial charge in [-0.25, -0.2) is 0 Å². The molecule has 4 aliphatic carbocycles. The Morgan fingerprint density at radius 1 is 1.10 bits per heavy atom. The molecule has 31 heavy (non-hydrogen) atoms. The highest BCUT2D eigenvalue weighted by Gasteiger charge is 2.58. The number of hydrogen-bond acceptors (Lipinski definition) is 2. The Hall–Kier alpha value is -0.275. The third kappa shape index (κ3) is 4.57. The van der Waals surface area contributed by atoms with Crippen molar-refractivity contribution in [2.24, 2.45) is 40.4 Å². The van der Waals surface area contributed by atoms with E-state index in [-0.39, 0.29) is 12.0 Å². The van der Waals surface area contributed by atoms with Crippen LogP contribution in [0.15, 0.2) is 11.6 Å². The molecule has 3 fully saturated rings. The Bertz CT molecular complexity index is 641. The molecule has 8 unspecified atom stereocenters. The first-order chi connectivity index (χ1) is 14.6. The van der Waals surface area contributed by atoms with Gasteiger partial charge in [0.1, 0.15) is 7.85 Å². The van der Waals surface area contributed by atoms with Crippen LogP contribution in [0.5, 0.6) is 0 Å². The SMILES string of the molecule is CC.[B]C(O)(CCCC1CCC2C3CC=C4CC(O)CCC4(C)C3CCC12C)C(C)C. The molecule has 4 rings (SSSR count). The second-order valence-corrected chi connectivity index (χ2v) is 12.0. The number of rotatable bonds is 5. The van der Waals surface area contributed by atoms with Crippen molar-refractivity contribution in [3.8, 4) is 0 Å². The van der Waals surface area contributed by atoms with Gasteiger partial charge in [0.05, 0.1) is 6.10 Å². The first kappa shape index (κ1) is 25.3. The predicted molar refractivity (Wildman–Crippen MR) is 132 cm³/mol. The topological polar surface area (TPSA) is 40.5 Å². The van der Waals surface area contributed by atoms with Crippen LogP contribution in [-0.4, -0.2) is 29.7 Å². The average Bonchev–Trinajstić information content (AvgIpc) is 3.06. The van der Waals surface area contributed by atoms with Crippen molar-refractivity contribution < 1.29 is 10.2 Å². The Kier molecular flexibility index (Phi) is 7.79. The van der Waals surface area contributed by atoms with Gasteiger partial charge in [0, 0.05) is 5.50 Å². The summed E-state index contributed by atoms with van der Waals surface area (Å²) >= 11 is 0. The molecule has 0 aliphatic heterocycles. The first-order valence-corrected chi connectivity index (χ1v) is 13.5. The van der Waals surface area contributed by atoms with Crippen molar-refractivity contribution in [3.63, 3.8) is 0 Å². The maximum Gasteiger partial charge on any atom is 0.113 e. The summed E-state index contributed by atoms with van der Waals surface area (Å²) in [5.74, 6) is 3.42. The molecule has 0 heterocycles. The van der Waals surface area contributed by atoms with Crippen molar-refractivity contribution in [1.29, 1.82) is 0 Å². The van der Waals surface area contributed by atoms with E-state index in [1.165, 1.54) is 44.9 Å². The van der Waals surface area contributed by atoms with Crippen LogP contribution < -0.4 is 0 Å². The summed E-state index contributed by atoms with van der Waals surface area (Å²) in [6, 6.07) is 0. The molecule has 0 bridgehead atoms. The van der Waals surface area contributed by atoms with Gasteiger partial charge in [-0.1, -0.05) is 59.6 Å². The molecule has 0 aromatic carbocycles. The van der Waals surface area contributed by atoms with Crippen molar-refractivity contribution in [1.82, 2.24) is 0 Å². The fraction of sp³-hybridized carbons (Fsp3) is 0.929. The Labute approximate surface area is 194 Å². The predicted octanol–water partition coefficient (Wildman–Crippen LogP) is 6.64. The van der Waals surface area contributed by atoms with E-state index in [2.05, 4.69) is 19.9 Å². The van der Waals surface area contributed by atoms with Gasteiger partial charge in [-0.2, -0.15) is 0 Å². The lowest BCUT2D eigenvalue weighted by molar-refractivity contribution is -0.0514. The van der Waals surface area contributed by atoms with Crippen LogP contribution in [0.3, 0.4) is 0 Å². The highest BCUT2D eigenvalue weighted by molar-refractivity contribution is 6.14. The Morgan fingerprint density at radius 2 is 1.81 bits per heavy atom. The van der Waals surface area contributed by atoms with E-state index in [4.69, 9.17) is 7.85 Å². The van der Waals surface area contributed by atoms with Crippen LogP contribution in [0.2, 0.25) is 0 Å². The molecule has 176 valence electrons. The second-order valence-electron chi connectivity index (χ2n) is 12.0. The smallest absolute Gasteiger partial charge is 0.113 e. The molecule has 0 saturated heterocycles. The maximum atomic E-state index is 10.4. The van der Waals surface area contributed by atoms with Gasteiger partial charge in [-0.3, -0.25) is 0 Å². The lowest BCUT2D eigenvalue weighted by Gasteiger charge is -2.58. The molecule has 0 aromatic heterocycles. The Balaban J connectivity index is 0.00000132. The van der Waals surface area contributed by atoms with Gasteiger partial charge in [0.2, 0.25) is 0 Å². The van der Waals surface area contributed by atoms with Gasteiger partial charge >= 0.3 is 0 Å². The fourth-order valence-electron chi connectivity index (χ4n) is 8.15. The van der Waals surface area contributed by atoms with E-state index in [1.54, 1.807) is 5.57 Å². The highest BCUT2D eigenvalue weighted by atomic mass is 16.3. The van der Waals surface area contributed by atoms with E-state index in [9.17, 15) is 10.2 Å². The average molecular weight is 429 g/mol. The van der Waals surface area contributed by atoms with E-state index in [0.29, 0.717) is 10.8 Å². The minimum atomic E-state index is -1.01. The molecule has 3 heteroatoms. The van der Waals surface area contributed by atoms with Gasteiger partial charge in [0.25, 0.3) is 0 Å². The van der Waals surface area contributed by atoms with Crippen molar-refractivity contribution >= 4 is 7.85 Å². The number of aliphatic hydroxyl groups is 2. The van der Waals surface area contributed by atoms with Crippen LogP contribution in [-0.2, 0) is 0 Å². The normalized spacial score (nSPS) is 43.6. The minimum Gasteiger partial charge on any atom is -0.400 e. The summed E-state index contributed by atoms with van der Waals surface area (Å²) < 4.78 is 0. The lowest BCUT2D eigenvalue weighted by atomic mass is 9.47. The van der Waals surface area contributed by atoms with Crippen molar-refractivity contribution in [2.45, 2.75) is 124 Å². The molecule has 4 aliphatic rings. The second kappa shape index (κ2) is 9.53. The van der Waals surface area contributed by atoms with E-state index in [1.807, 2.05) is 27.7 Å². The number of aliphatic hydroxyl groups excluding tert-OH is 1. The molecule has 2 nitrogen and oxygen atoms in total. The van der Waals surface area contributed by atoms with E-state index < -0.39 is 5.50 Å². The first-order valence-electron chi connectivity index (χ1n) is 13.5. The van der Waals surface area contributed by atoms with E-state index in [0.717, 1.165) is 49.4 Å². The molecule has 0 aromatic rings. The number of hydrogen-bond donors (Lipinski definition) is 2. The molecule has 0 amide bonds. The standard InChI is InChI=1S/C26H43BO2.C2H6/c1-17(2)26(27,29)13-5-6-18-8-10-22-21-9-7-19-16-20(28)11-14-25(19,4)23(21)12-15-24(18,22)3;1-2/h7,17-18,20-23,28-29H,5-6,8-16H2,1-4H3;1-2H3. The summed E-state index contributed by atoms with van der Waals surface area (Å²) in [7, 11) is 6.11. The largest absolute Gasteiger partial charge is 0.400 e. The van der Waals surface area contributed by atoms with Crippen molar-refractivity contribution in [2.75, 3.05) is 0 Å². The third-order valence-corrected chi connectivity index (χ3v) is 10.4. The monoisotopic (exact) mass is 428 g/mol. The summed E-state index contributed by atoms with van der Waals surface area (Å²) in [6.45, 7) is 13.1. The van der Waals surface area contributed by atoms with Gasteiger partial charge in [0.15, 0.2) is 0 Å². The molecular weight excluding hydrogens is 379 g/mol. The number of allylic oxidation sites excluding steroid dienone is 1. The number of fused-ring (bicyclic) bond motifs is 5. The quantitative estimate of drug-likeness (QED) is 0.381. The molecule has 8 atom stereocenters. The molecule has 2 radical (unpaired) electrons. The maximum absolute atomic E-state index is 10.4. The highest BCUT2D eigenvalue weighted by Crippen LogP contribution is 2.66. The zero-order valence-electron chi connectivity index (χ0n) is 21.3. The van der Waals surface area contributed by atoms with E-state index >= 15 is 0 Å². The zero-order chi connectivity index (χ0) is 23.0. The van der Waals surface area contributed by atoms with Crippen molar-refractivity contribution in [3.05, 3.63) is 11.6 Å². The van der Waals surface area contributed by atoms with Crippen LogP contribution in [0.25, 0.3) is 0 Å².